The van der Waals surface area contributed by atoms with E-state index in [0.717, 1.165) is 18.5 Å². The van der Waals surface area contributed by atoms with Crippen molar-refractivity contribution in [3.8, 4) is 0 Å². The second-order valence-electron chi connectivity index (χ2n) is 7.50. The molecule has 0 bridgehead atoms. The van der Waals surface area contributed by atoms with Gasteiger partial charge in [-0.2, -0.15) is 0 Å². The van der Waals surface area contributed by atoms with Gasteiger partial charge in [0.25, 0.3) is 0 Å². The van der Waals surface area contributed by atoms with Crippen molar-refractivity contribution in [2.24, 2.45) is 10.8 Å². The quantitative estimate of drug-likeness (QED) is 0.596. The first-order valence-corrected chi connectivity index (χ1v) is 8.12. The predicted octanol–water partition coefficient (Wildman–Crippen LogP) is 6.66. The highest BCUT2D eigenvalue weighted by Gasteiger charge is 2.38. The first-order chi connectivity index (χ1) is 9.08. The third-order valence-electron chi connectivity index (χ3n) is 3.92. The lowest BCUT2D eigenvalue weighted by Gasteiger charge is -2.45. The number of halogens is 3. The first-order valence-electron chi connectivity index (χ1n) is 6.99. The monoisotopic (exact) mass is 333 g/mol. The van der Waals surface area contributed by atoms with Crippen molar-refractivity contribution >= 4 is 40.5 Å². The summed E-state index contributed by atoms with van der Waals surface area (Å²) in [6.45, 7) is 9.33. The molecule has 1 aromatic rings. The van der Waals surface area contributed by atoms with Crippen LogP contribution >= 0.6 is 34.8 Å². The van der Waals surface area contributed by atoms with Crippen LogP contribution in [0.25, 0.3) is 0 Å². The maximum atomic E-state index is 6.26. The van der Waals surface area contributed by atoms with Crippen LogP contribution in [-0.4, -0.2) is 6.04 Å². The van der Waals surface area contributed by atoms with Gasteiger partial charge < -0.3 is 5.32 Å². The van der Waals surface area contributed by atoms with Gasteiger partial charge in [-0.15, -0.1) is 0 Å². The summed E-state index contributed by atoms with van der Waals surface area (Å²) in [5, 5.41) is 5.21. The fourth-order valence-electron chi connectivity index (χ4n) is 3.80. The molecule has 4 heteroatoms. The molecule has 0 unspecified atom stereocenters. The van der Waals surface area contributed by atoms with Crippen molar-refractivity contribution < 1.29 is 0 Å². The third-order valence-corrected chi connectivity index (χ3v) is 4.96. The molecule has 0 aromatic heterocycles. The van der Waals surface area contributed by atoms with Gasteiger partial charge in [0.2, 0.25) is 0 Å². The average Bonchev–Trinajstić information content (AvgIpc) is 2.21. The summed E-state index contributed by atoms with van der Waals surface area (Å²) in [5.41, 5.74) is 1.55. The van der Waals surface area contributed by atoms with E-state index >= 15 is 0 Å². The Morgan fingerprint density at radius 1 is 0.900 bits per heavy atom. The van der Waals surface area contributed by atoms with E-state index in [1.807, 2.05) is 6.07 Å². The maximum Gasteiger partial charge on any atom is 0.0653 e. The molecule has 0 radical (unpaired) electrons. The zero-order valence-corrected chi connectivity index (χ0v) is 14.8. The SMILES string of the molecule is CC1(C)CC(Nc2cc(Cl)c(Cl)cc2Cl)CC(C)(C)C1. The average molecular weight is 335 g/mol. The Morgan fingerprint density at radius 3 is 1.95 bits per heavy atom. The number of rotatable bonds is 2. The molecule has 1 N–H and O–H groups in total. The van der Waals surface area contributed by atoms with E-state index in [-0.39, 0.29) is 0 Å². The van der Waals surface area contributed by atoms with Crippen molar-refractivity contribution in [3.63, 3.8) is 0 Å². The molecule has 1 aliphatic rings. The lowest BCUT2D eigenvalue weighted by atomic mass is 9.63. The van der Waals surface area contributed by atoms with Gasteiger partial charge in [0.15, 0.2) is 0 Å². The topological polar surface area (TPSA) is 12.0 Å². The van der Waals surface area contributed by atoms with Crippen LogP contribution in [0.2, 0.25) is 15.1 Å². The molecule has 1 fully saturated rings. The molecule has 0 saturated heterocycles. The van der Waals surface area contributed by atoms with Crippen molar-refractivity contribution in [2.75, 3.05) is 5.32 Å². The van der Waals surface area contributed by atoms with E-state index in [4.69, 9.17) is 34.8 Å². The zero-order valence-electron chi connectivity index (χ0n) is 12.5. The van der Waals surface area contributed by atoms with Crippen molar-refractivity contribution in [2.45, 2.75) is 53.0 Å². The molecule has 2 rings (SSSR count). The molecule has 112 valence electrons. The van der Waals surface area contributed by atoms with Crippen molar-refractivity contribution in [1.29, 1.82) is 0 Å². The van der Waals surface area contributed by atoms with Crippen LogP contribution in [0.4, 0.5) is 5.69 Å². The summed E-state index contributed by atoms with van der Waals surface area (Å²) in [5.74, 6) is 0. The highest BCUT2D eigenvalue weighted by Crippen LogP contribution is 2.47. The first kappa shape index (κ1) is 16.3. The second kappa shape index (κ2) is 5.59. The Kier molecular flexibility index (Phi) is 4.54. The molecule has 0 heterocycles. The number of nitrogens with one attached hydrogen (secondary N) is 1. The van der Waals surface area contributed by atoms with E-state index in [9.17, 15) is 0 Å². The van der Waals surface area contributed by atoms with E-state index in [1.54, 1.807) is 6.07 Å². The van der Waals surface area contributed by atoms with Gasteiger partial charge in [-0.05, 0) is 42.2 Å². The Hall–Kier alpha value is -0.110. The van der Waals surface area contributed by atoms with Gasteiger partial charge in [0.1, 0.15) is 0 Å². The van der Waals surface area contributed by atoms with E-state index in [0.29, 0.717) is 31.9 Å². The molecule has 1 saturated carbocycles. The molecule has 1 nitrogen and oxygen atoms in total. The van der Waals surface area contributed by atoms with Crippen LogP contribution in [0.5, 0.6) is 0 Å². The van der Waals surface area contributed by atoms with Crippen LogP contribution < -0.4 is 5.32 Å². The highest BCUT2D eigenvalue weighted by molar-refractivity contribution is 6.44. The number of anilines is 1. The standard InChI is InChI=1S/C16H22Cl3N/c1-15(2)7-10(8-16(3,4)9-15)20-14-6-12(18)11(17)5-13(14)19/h5-6,10,20H,7-9H2,1-4H3. The largest absolute Gasteiger partial charge is 0.381 e. The smallest absolute Gasteiger partial charge is 0.0653 e. The number of hydrogen-bond donors (Lipinski definition) is 1. The molecule has 0 atom stereocenters. The summed E-state index contributed by atoms with van der Waals surface area (Å²) in [4.78, 5) is 0. The molecule has 1 aliphatic carbocycles. The summed E-state index contributed by atoms with van der Waals surface area (Å²) < 4.78 is 0. The Morgan fingerprint density at radius 2 is 1.40 bits per heavy atom. The van der Waals surface area contributed by atoms with Crippen LogP contribution in [-0.2, 0) is 0 Å². The van der Waals surface area contributed by atoms with Crippen molar-refractivity contribution in [3.05, 3.63) is 27.2 Å². The van der Waals surface area contributed by atoms with Crippen LogP contribution in [0, 0.1) is 10.8 Å². The highest BCUT2D eigenvalue weighted by atomic mass is 35.5. The number of benzene rings is 1. The lowest BCUT2D eigenvalue weighted by molar-refractivity contribution is 0.105. The molecule has 0 amide bonds. The van der Waals surface area contributed by atoms with E-state index < -0.39 is 0 Å². The third kappa shape index (κ3) is 3.96. The van der Waals surface area contributed by atoms with Crippen LogP contribution in [0.15, 0.2) is 12.1 Å². The molecule has 0 aliphatic heterocycles. The number of hydrogen-bond acceptors (Lipinski definition) is 1. The fourth-order valence-corrected chi connectivity index (χ4v) is 4.40. The Bertz CT molecular complexity index is 493. The zero-order chi connectivity index (χ0) is 15.1. The summed E-state index contributed by atoms with van der Waals surface area (Å²) >= 11 is 18.3. The molecular formula is C16H22Cl3N. The Labute approximate surface area is 137 Å². The van der Waals surface area contributed by atoms with E-state index in [2.05, 4.69) is 33.0 Å². The van der Waals surface area contributed by atoms with E-state index in [1.165, 1.54) is 6.42 Å². The van der Waals surface area contributed by atoms with Gasteiger partial charge in [0, 0.05) is 6.04 Å². The second-order valence-corrected chi connectivity index (χ2v) is 8.72. The van der Waals surface area contributed by atoms with Crippen LogP contribution in [0.3, 0.4) is 0 Å². The van der Waals surface area contributed by atoms with Gasteiger partial charge in [0.05, 0.1) is 20.8 Å². The fraction of sp³-hybridized carbons (Fsp3) is 0.625. The molecule has 20 heavy (non-hydrogen) atoms. The molecule has 1 aromatic carbocycles. The van der Waals surface area contributed by atoms with Crippen molar-refractivity contribution in [1.82, 2.24) is 0 Å². The minimum absolute atomic E-state index is 0.335. The molecular weight excluding hydrogens is 313 g/mol. The van der Waals surface area contributed by atoms with Gasteiger partial charge in [-0.3, -0.25) is 0 Å². The van der Waals surface area contributed by atoms with Crippen LogP contribution in [0.1, 0.15) is 47.0 Å². The van der Waals surface area contributed by atoms with Gasteiger partial charge >= 0.3 is 0 Å². The summed E-state index contributed by atoms with van der Waals surface area (Å²) in [6.07, 6.45) is 3.51. The molecule has 0 spiro atoms. The predicted molar refractivity (Wildman–Crippen MR) is 90.3 cm³/mol. The lowest BCUT2D eigenvalue weighted by Crippen LogP contribution is -2.40. The normalized spacial score (nSPS) is 21.8. The van der Waals surface area contributed by atoms with Gasteiger partial charge in [-0.1, -0.05) is 62.5 Å². The van der Waals surface area contributed by atoms with Gasteiger partial charge in [-0.25, -0.2) is 0 Å². The maximum absolute atomic E-state index is 6.26. The minimum atomic E-state index is 0.335. The summed E-state index contributed by atoms with van der Waals surface area (Å²) in [7, 11) is 0. The Balaban J connectivity index is 2.19. The minimum Gasteiger partial charge on any atom is -0.381 e. The summed E-state index contributed by atoms with van der Waals surface area (Å²) in [6, 6.07) is 3.93.